The van der Waals surface area contributed by atoms with Crippen molar-refractivity contribution in [3.8, 4) is 11.1 Å². The highest BCUT2D eigenvalue weighted by atomic mass is 35.5. The van der Waals surface area contributed by atoms with Crippen LogP contribution in [0.4, 0.5) is 11.5 Å². The molecular weight excluding hydrogens is 306 g/mol. The fourth-order valence-electron chi connectivity index (χ4n) is 2.35. The summed E-state index contributed by atoms with van der Waals surface area (Å²) < 4.78 is 0. The number of halogens is 1. The van der Waals surface area contributed by atoms with Gasteiger partial charge in [0.25, 0.3) is 0 Å². The van der Waals surface area contributed by atoms with E-state index in [1.807, 2.05) is 56.4 Å². The lowest BCUT2D eigenvalue weighted by Crippen LogP contribution is -2.10. The summed E-state index contributed by atoms with van der Waals surface area (Å²) in [4.78, 5) is 6.44. The predicted molar refractivity (Wildman–Crippen MR) is 101 cm³/mol. The number of allylic oxidation sites excluding steroid dienone is 2. The van der Waals surface area contributed by atoms with Crippen LogP contribution in [0.15, 0.2) is 48.3 Å². The number of nitrogens with one attached hydrogen (secondary N) is 1. The number of hydrogen-bond donors (Lipinski definition) is 1. The lowest BCUT2D eigenvalue weighted by Gasteiger charge is -2.16. The molecule has 0 radical (unpaired) electrons. The average Bonchev–Trinajstić information content (AvgIpc) is 2.53. The van der Waals surface area contributed by atoms with Crippen LogP contribution in [-0.2, 0) is 0 Å². The summed E-state index contributed by atoms with van der Waals surface area (Å²) >= 11 is 6.39. The van der Waals surface area contributed by atoms with Crippen LogP contribution >= 0.6 is 11.6 Å². The van der Waals surface area contributed by atoms with Gasteiger partial charge in [0, 0.05) is 47.8 Å². The van der Waals surface area contributed by atoms with Crippen LogP contribution in [0.5, 0.6) is 0 Å². The minimum Gasteiger partial charge on any atom is -0.363 e. The summed E-state index contributed by atoms with van der Waals surface area (Å²) in [7, 11) is 3.95. The van der Waals surface area contributed by atoms with Gasteiger partial charge in [-0.05, 0) is 43.2 Å². The van der Waals surface area contributed by atoms with Crippen molar-refractivity contribution in [2.75, 3.05) is 24.3 Å². The Kier molecular flexibility index (Phi) is 5.67. The van der Waals surface area contributed by atoms with Crippen molar-refractivity contribution in [1.29, 1.82) is 0 Å². The maximum absolute atomic E-state index is 6.39. The van der Waals surface area contributed by atoms with Gasteiger partial charge in [-0.1, -0.05) is 31.5 Å². The van der Waals surface area contributed by atoms with Gasteiger partial charge in [0.15, 0.2) is 0 Å². The maximum atomic E-state index is 6.39. The van der Waals surface area contributed by atoms with Crippen molar-refractivity contribution < 1.29 is 0 Å². The number of aromatic nitrogens is 1. The molecule has 0 saturated heterocycles. The van der Waals surface area contributed by atoms with Gasteiger partial charge in [0.1, 0.15) is 5.82 Å². The molecule has 122 valence electrons. The zero-order valence-corrected chi connectivity index (χ0v) is 15.1. The molecular formula is C19H24ClN3. The summed E-state index contributed by atoms with van der Waals surface area (Å²) in [6, 6.07) is 10.0. The van der Waals surface area contributed by atoms with E-state index in [1.165, 1.54) is 5.70 Å². The van der Waals surface area contributed by atoms with E-state index >= 15 is 0 Å². The van der Waals surface area contributed by atoms with E-state index in [2.05, 4.69) is 36.3 Å². The van der Waals surface area contributed by atoms with Crippen LogP contribution in [0.1, 0.15) is 20.8 Å². The zero-order valence-electron chi connectivity index (χ0n) is 14.4. The molecule has 1 aromatic carbocycles. The molecule has 0 aliphatic heterocycles. The van der Waals surface area contributed by atoms with Crippen LogP contribution in [0.3, 0.4) is 0 Å². The summed E-state index contributed by atoms with van der Waals surface area (Å²) in [5.41, 5.74) is 4.21. The molecule has 1 aromatic heterocycles. The quantitative estimate of drug-likeness (QED) is 0.791. The van der Waals surface area contributed by atoms with Gasteiger partial charge in [-0.2, -0.15) is 0 Å². The molecule has 1 heterocycles. The molecule has 0 spiro atoms. The molecule has 4 heteroatoms. The van der Waals surface area contributed by atoms with E-state index in [1.54, 1.807) is 0 Å². The number of pyridine rings is 1. The number of hydrogen-bond acceptors (Lipinski definition) is 3. The number of benzene rings is 1. The van der Waals surface area contributed by atoms with Crippen molar-refractivity contribution in [2.45, 2.75) is 20.8 Å². The van der Waals surface area contributed by atoms with Crippen molar-refractivity contribution in [2.24, 2.45) is 5.92 Å². The van der Waals surface area contributed by atoms with E-state index < -0.39 is 0 Å². The van der Waals surface area contributed by atoms with E-state index in [0.717, 1.165) is 27.7 Å². The Bertz CT molecular complexity index is 688. The topological polar surface area (TPSA) is 28.2 Å². The third kappa shape index (κ3) is 4.26. The monoisotopic (exact) mass is 329 g/mol. The molecule has 0 atom stereocenters. The van der Waals surface area contributed by atoms with Crippen LogP contribution in [0.25, 0.3) is 11.1 Å². The van der Waals surface area contributed by atoms with Gasteiger partial charge < -0.3 is 10.2 Å². The van der Waals surface area contributed by atoms with Crippen LogP contribution in [0, 0.1) is 5.92 Å². The SMILES string of the molecule is C/C=C(\Nc1ccc(Cl)c(-c2ccc(N(C)C)nc2)c1)C(C)C. The molecule has 3 nitrogen and oxygen atoms in total. The second-order valence-electron chi connectivity index (χ2n) is 6.02. The van der Waals surface area contributed by atoms with Gasteiger partial charge in [0.2, 0.25) is 0 Å². The Morgan fingerprint density at radius 2 is 1.96 bits per heavy atom. The first kappa shape index (κ1) is 17.4. The van der Waals surface area contributed by atoms with E-state index in [4.69, 9.17) is 11.6 Å². The standard InChI is InChI=1S/C19H24ClN3/c1-6-18(13(2)3)22-15-8-9-17(20)16(11-15)14-7-10-19(21-12-14)23(4)5/h6-13,22H,1-5H3/b18-6-. The summed E-state index contributed by atoms with van der Waals surface area (Å²) in [5, 5.41) is 4.19. The van der Waals surface area contributed by atoms with E-state index in [9.17, 15) is 0 Å². The van der Waals surface area contributed by atoms with Crippen molar-refractivity contribution >= 4 is 23.1 Å². The van der Waals surface area contributed by atoms with Gasteiger partial charge in [-0.3, -0.25) is 0 Å². The van der Waals surface area contributed by atoms with E-state index in [0.29, 0.717) is 5.92 Å². The summed E-state index contributed by atoms with van der Waals surface area (Å²) in [6.07, 6.45) is 3.96. The fourth-order valence-corrected chi connectivity index (χ4v) is 2.58. The molecule has 0 aliphatic carbocycles. The van der Waals surface area contributed by atoms with Crippen LogP contribution < -0.4 is 10.2 Å². The minimum absolute atomic E-state index is 0.445. The van der Waals surface area contributed by atoms with E-state index in [-0.39, 0.29) is 0 Å². The Balaban J connectivity index is 2.34. The highest BCUT2D eigenvalue weighted by molar-refractivity contribution is 6.33. The summed E-state index contributed by atoms with van der Waals surface area (Å²) in [5.74, 6) is 1.37. The smallest absolute Gasteiger partial charge is 0.127 e. The number of rotatable bonds is 5. The first-order valence-electron chi connectivity index (χ1n) is 7.79. The normalized spacial score (nSPS) is 11.7. The molecule has 1 N–H and O–H groups in total. The molecule has 2 rings (SSSR count). The molecule has 2 aromatic rings. The van der Waals surface area contributed by atoms with Gasteiger partial charge in [-0.25, -0.2) is 4.98 Å². The van der Waals surface area contributed by atoms with Gasteiger partial charge in [-0.15, -0.1) is 0 Å². The van der Waals surface area contributed by atoms with Crippen molar-refractivity contribution in [3.63, 3.8) is 0 Å². The third-order valence-electron chi connectivity index (χ3n) is 3.71. The fraction of sp³-hybridized carbons (Fsp3) is 0.316. The third-order valence-corrected chi connectivity index (χ3v) is 4.03. The lowest BCUT2D eigenvalue weighted by atomic mass is 10.1. The summed E-state index contributed by atoms with van der Waals surface area (Å²) in [6.45, 7) is 6.38. The maximum Gasteiger partial charge on any atom is 0.127 e. The lowest BCUT2D eigenvalue weighted by molar-refractivity contribution is 0.772. The molecule has 0 bridgehead atoms. The molecule has 0 amide bonds. The highest BCUT2D eigenvalue weighted by Crippen LogP contribution is 2.31. The Morgan fingerprint density at radius 1 is 1.22 bits per heavy atom. The predicted octanol–water partition coefficient (Wildman–Crippen LogP) is 5.44. The molecule has 0 unspecified atom stereocenters. The average molecular weight is 330 g/mol. The van der Waals surface area contributed by atoms with Gasteiger partial charge >= 0.3 is 0 Å². The molecule has 0 fully saturated rings. The molecule has 0 saturated carbocycles. The molecule has 0 aliphatic rings. The Morgan fingerprint density at radius 3 is 2.48 bits per heavy atom. The van der Waals surface area contributed by atoms with Crippen molar-refractivity contribution in [1.82, 2.24) is 4.98 Å². The first-order valence-corrected chi connectivity index (χ1v) is 8.16. The minimum atomic E-state index is 0.445. The second-order valence-corrected chi connectivity index (χ2v) is 6.43. The Hall–Kier alpha value is -2.00. The zero-order chi connectivity index (χ0) is 17.0. The molecule has 23 heavy (non-hydrogen) atoms. The Labute approximate surface area is 144 Å². The van der Waals surface area contributed by atoms with Crippen LogP contribution in [-0.4, -0.2) is 19.1 Å². The van der Waals surface area contributed by atoms with Gasteiger partial charge in [0.05, 0.1) is 0 Å². The highest BCUT2D eigenvalue weighted by Gasteiger charge is 2.08. The van der Waals surface area contributed by atoms with Crippen molar-refractivity contribution in [3.05, 3.63) is 53.3 Å². The number of nitrogens with zero attached hydrogens (tertiary/aromatic N) is 2. The number of anilines is 2. The second kappa shape index (κ2) is 7.51. The largest absolute Gasteiger partial charge is 0.363 e. The van der Waals surface area contributed by atoms with Crippen LogP contribution in [0.2, 0.25) is 5.02 Å². The first-order chi connectivity index (χ1) is 10.9.